The van der Waals surface area contributed by atoms with Gasteiger partial charge in [0.25, 0.3) is 5.91 Å². The van der Waals surface area contributed by atoms with Crippen LogP contribution < -0.4 is 10.6 Å². The molecule has 2 rings (SSSR count). The molecule has 0 radical (unpaired) electrons. The average molecular weight is 545 g/mol. The number of hydrogen-bond acceptors (Lipinski definition) is 2. The number of amides is 1. The van der Waals surface area contributed by atoms with Crippen molar-refractivity contribution in [3.05, 3.63) is 69.7 Å². The Labute approximate surface area is 186 Å². The highest BCUT2D eigenvalue weighted by atomic mass is 127. The maximum absolute atomic E-state index is 12.0. The zero-order valence-corrected chi connectivity index (χ0v) is 19.7. The van der Waals surface area contributed by atoms with Gasteiger partial charge in [-0.3, -0.25) is 9.79 Å². The van der Waals surface area contributed by atoms with Crippen LogP contribution in [0.4, 0.5) is 0 Å². The number of benzene rings is 2. The van der Waals surface area contributed by atoms with Crippen molar-refractivity contribution in [3.8, 4) is 0 Å². The van der Waals surface area contributed by atoms with Crippen LogP contribution in [-0.4, -0.2) is 44.5 Å². The van der Waals surface area contributed by atoms with Crippen LogP contribution in [-0.2, 0) is 13.0 Å². The smallest absolute Gasteiger partial charge is 0.253 e. The molecule has 27 heavy (non-hydrogen) atoms. The molecule has 0 aliphatic heterocycles. The maximum atomic E-state index is 12.0. The molecule has 0 aliphatic carbocycles. The summed E-state index contributed by atoms with van der Waals surface area (Å²) < 4.78 is 1.07. The topological polar surface area (TPSA) is 56.7 Å². The van der Waals surface area contributed by atoms with Crippen LogP contribution >= 0.6 is 39.9 Å². The molecule has 0 aromatic heterocycles. The zero-order valence-electron chi connectivity index (χ0n) is 15.8. The third-order valence-electron chi connectivity index (χ3n) is 3.88. The van der Waals surface area contributed by atoms with Gasteiger partial charge in [0.15, 0.2) is 5.96 Å². The number of carbonyl (C=O) groups is 1. The van der Waals surface area contributed by atoms with E-state index in [-0.39, 0.29) is 29.9 Å². The summed E-state index contributed by atoms with van der Waals surface area (Å²) in [5.41, 5.74) is 3.02. The first-order chi connectivity index (χ1) is 12.5. The molecule has 0 aliphatic rings. The Kier molecular flexibility index (Phi) is 10.4. The summed E-state index contributed by atoms with van der Waals surface area (Å²) in [5, 5.41) is 6.60. The predicted molar refractivity (Wildman–Crippen MR) is 126 cm³/mol. The van der Waals surface area contributed by atoms with Gasteiger partial charge in [0.1, 0.15) is 0 Å². The van der Waals surface area contributed by atoms with Crippen LogP contribution in [0.15, 0.2) is 58.0 Å². The normalized spacial score (nSPS) is 10.7. The molecule has 7 heteroatoms. The summed E-state index contributed by atoms with van der Waals surface area (Å²) in [6, 6.07) is 15.9. The molecule has 0 heterocycles. The second-order valence-corrected chi connectivity index (χ2v) is 7.04. The van der Waals surface area contributed by atoms with Crippen LogP contribution in [0.25, 0.3) is 0 Å². The minimum absolute atomic E-state index is 0. The molecule has 0 spiro atoms. The Balaban J connectivity index is 0.00000364. The van der Waals surface area contributed by atoms with Crippen molar-refractivity contribution >= 4 is 51.8 Å². The van der Waals surface area contributed by atoms with E-state index in [0.717, 1.165) is 29.0 Å². The van der Waals surface area contributed by atoms with Crippen LogP contribution in [0, 0.1) is 0 Å². The van der Waals surface area contributed by atoms with Gasteiger partial charge in [-0.2, -0.15) is 0 Å². The van der Waals surface area contributed by atoms with Gasteiger partial charge in [0.05, 0.1) is 0 Å². The van der Waals surface area contributed by atoms with Gasteiger partial charge in [0, 0.05) is 44.3 Å². The highest BCUT2D eigenvalue weighted by molar-refractivity contribution is 14.0. The Bertz CT molecular complexity index is 763. The Morgan fingerprint density at radius 1 is 1.07 bits per heavy atom. The van der Waals surface area contributed by atoms with Crippen molar-refractivity contribution in [3.63, 3.8) is 0 Å². The second-order valence-electron chi connectivity index (χ2n) is 6.13. The summed E-state index contributed by atoms with van der Waals surface area (Å²) in [6.45, 7) is 1.44. The fourth-order valence-corrected chi connectivity index (χ4v) is 2.72. The Morgan fingerprint density at radius 3 is 2.41 bits per heavy atom. The van der Waals surface area contributed by atoms with Crippen LogP contribution in [0.2, 0.25) is 0 Å². The van der Waals surface area contributed by atoms with Crippen LogP contribution in [0.1, 0.15) is 21.5 Å². The van der Waals surface area contributed by atoms with E-state index in [0.29, 0.717) is 12.1 Å². The number of halogens is 2. The number of rotatable bonds is 6. The second kappa shape index (κ2) is 12.0. The number of guanidine groups is 1. The summed E-state index contributed by atoms with van der Waals surface area (Å²) in [5.74, 6) is 0.778. The lowest BCUT2D eigenvalue weighted by molar-refractivity contribution is 0.0827. The van der Waals surface area contributed by atoms with E-state index in [9.17, 15) is 4.79 Å². The van der Waals surface area contributed by atoms with Crippen molar-refractivity contribution < 1.29 is 4.79 Å². The van der Waals surface area contributed by atoms with E-state index in [1.165, 1.54) is 5.56 Å². The number of hydrogen-bond donors (Lipinski definition) is 2. The molecule has 146 valence electrons. The van der Waals surface area contributed by atoms with E-state index in [1.54, 1.807) is 26.0 Å². The third kappa shape index (κ3) is 7.88. The molecule has 0 bridgehead atoms. The molecular formula is C20H26BrIN4O. The minimum Gasteiger partial charge on any atom is -0.356 e. The lowest BCUT2D eigenvalue weighted by Crippen LogP contribution is -2.37. The highest BCUT2D eigenvalue weighted by Gasteiger charge is 2.08. The molecule has 0 fully saturated rings. The Morgan fingerprint density at radius 2 is 1.78 bits per heavy atom. The fraction of sp³-hybridized carbons (Fsp3) is 0.300. The fourth-order valence-electron chi connectivity index (χ4n) is 2.45. The number of carbonyl (C=O) groups excluding carboxylic acids is 1. The molecule has 5 nitrogen and oxygen atoms in total. The SMILES string of the molecule is CN=C(NCCc1cccc(C(=O)N(C)C)c1)NCc1ccc(Br)cc1.I. The van der Waals surface area contributed by atoms with Crippen molar-refractivity contribution in [2.45, 2.75) is 13.0 Å². The molecule has 2 aromatic carbocycles. The summed E-state index contributed by atoms with van der Waals surface area (Å²) >= 11 is 3.44. The predicted octanol–water partition coefficient (Wildman–Crippen LogP) is 3.68. The van der Waals surface area contributed by atoms with Crippen molar-refractivity contribution in [2.24, 2.45) is 4.99 Å². The van der Waals surface area contributed by atoms with E-state index in [4.69, 9.17) is 0 Å². The third-order valence-corrected chi connectivity index (χ3v) is 4.41. The monoisotopic (exact) mass is 544 g/mol. The Hall–Kier alpha value is -1.61. The van der Waals surface area contributed by atoms with Crippen molar-refractivity contribution in [1.82, 2.24) is 15.5 Å². The molecule has 2 N–H and O–H groups in total. The number of nitrogens with zero attached hydrogens (tertiary/aromatic N) is 2. The summed E-state index contributed by atoms with van der Waals surface area (Å²) in [7, 11) is 5.28. The van der Waals surface area contributed by atoms with E-state index >= 15 is 0 Å². The zero-order chi connectivity index (χ0) is 18.9. The summed E-state index contributed by atoms with van der Waals surface area (Å²) in [4.78, 5) is 17.9. The van der Waals surface area contributed by atoms with Crippen LogP contribution in [0.3, 0.4) is 0 Å². The van der Waals surface area contributed by atoms with Gasteiger partial charge in [-0.25, -0.2) is 0 Å². The van der Waals surface area contributed by atoms with Crippen molar-refractivity contribution in [1.29, 1.82) is 0 Å². The maximum Gasteiger partial charge on any atom is 0.253 e. The molecule has 0 atom stereocenters. The van der Waals surface area contributed by atoms with Gasteiger partial charge in [-0.1, -0.05) is 40.2 Å². The van der Waals surface area contributed by atoms with Crippen molar-refractivity contribution in [2.75, 3.05) is 27.7 Å². The standard InChI is InChI=1S/C20H25BrN4O.HI/c1-22-20(24-14-16-7-9-18(21)10-8-16)23-12-11-15-5-4-6-17(13-15)19(26)25(2)3;/h4-10,13H,11-12,14H2,1-3H3,(H2,22,23,24);1H. The quantitative estimate of drug-likeness (QED) is 0.331. The minimum atomic E-state index is 0. The molecule has 0 unspecified atom stereocenters. The first kappa shape index (κ1) is 23.4. The van der Waals surface area contributed by atoms with Crippen LogP contribution in [0.5, 0.6) is 0 Å². The van der Waals surface area contributed by atoms with E-state index < -0.39 is 0 Å². The van der Waals surface area contributed by atoms with Gasteiger partial charge < -0.3 is 15.5 Å². The lowest BCUT2D eigenvalue weighted by Gasteiger charge is -2.13. The largest absolute Gasteiger partial charge is 0.356 e. The van der Waals surface area contributed by atoms with Gasteiger partial charge in [0.2, 0.25) is 0 Å². The first-order valence-electron chi connectivity index (χ1n) is 8.49. The molecule has 0 saturated carbocycles. The first-order valence-corrected chi connectivity index (χ1v) is 9.28. The molecule has 0 saturated heterocycles. The molecular weight excluding hydrogens is 519 g/mol. The van der Waals surface area contributed by atoms with E-state index in [2.05, 4.69) is 43.7 Å². The van der Waals surface area contributed by atoms with Gasteiger partial charge in [-0.15, -0.1) is 24.0 Å². The van der Waals surface area contributed by atoms with Gasteiger partial charge >= 0.3 is 0 Å². The van der Waals surface area contributed by atoms with Gasteiger partial charge in [-0.05, 0) is 41.8 Å². The average Bonchev–Trinajstić information content (AvgIpc) is 2.65. The van der Waals surface area contributed by atoms with E-state index in [1.807, 2.05) is 36.4 Å². The highest BCUT2D eigenvalue weighted by Crippen LogP contribution is 2.10. The molecule has 1 amide bonds. The summed E-state index contributed by atoms with van der Waals surface area (Å²) in [6.07, 6.45) is 0.813. The molecule has 2 aromatic rings. The lowest BCUT2D eigenvalue weighted by atomic mass is 10.1. The number of aliphatic imine (C=N–C) groups is 1. The number of nitrogens with one attached hydrogen (secondary N) is 2.